The van der Waals surface area contributed by atoms with Crippen LogP contribution in [0.4, 0.5) is 11.4 Å². The van der Waals surface area contributed by atoms with Crippen LogP contribution in [0.1, 0.15) is 17.2 Å². The van der Waals surface area contributed by atoms with E-state index in [1.54, 1.807) is 17.2 Å². The molecule has 2 aliphatic heterocycles. The zero-order chi connectivity index (χ0) is 25.4. The third kappa shape index (κ3) is 3.86. The first kappa shape index (κ1) is 23.5. The first-order valence-corrected chi connectivity index (χ1v) is 11.2. The second kappa shape index (κ2) is 9.40. The lowest BCUT2D eigenvalue weighted by Crippen LogP contribution is -2.37. The van der Waals surface area contributed by atoms with Gasteiger partial charge in [-0.2, -0.15) is 5.06 Å². The average molecular weight is 489 g/mol. The number of ether oxygens (including phenoxy) is 2. The number of hydrogen-bond donors (Lipinski definition) is 0. The summed E-state index contributed by atoms with van der Waals surface area (Å²) in [5, 5.41) is 12.7. The van der Waals surface area contributed by atoms with Crippen LogP contribution in [-0.4, -0.2) is 42.1 Å². The zero-order valence-electron chi connectivity index (χ0n) is 19.6. The summed E-state index contributed by atoms with van der Waals surface area (Å²) in [4.78, 5) is 44.9. The summed E-state index contributed by atoms with van der Waals surface area (Å²) in [5.74, 6) is -0.911. The van der Waals surface area contributed by atoms with E-state index in [9.17, 15) is 19.7 Å². The van der Waals surface area contributed by atoms with Gasteiger partial charge in [0.1, 0.15) is 0 Å². The van der Waals surface area contributed by atoms with Crippen molar-refractivity contribution in [1.82, 2.24) is 5.06 Å². The fourth-order valence-corrected chi connectivity index (χ4v) is 4.84. The molecule has 2 heterocycles. The summed E-state index contributed by atoms with van der Waals surface area (Å²) < 4.78 is 11.1. The van der Waals surface area contributed by atoms with Crippen molar-refractivity contribution >= 4 is 23.2 Å². The number of rotatable bonds is 7. The number of nitro benzene ring substituents is 1. The van der Waals surface area contributed by atoms with Crippen molar-refractivity contribution in [1.29, 1.82) is 0 Å². The van der Waals surface area contributed by atoms with Crippen LogP contribution >= 0.6 is 0 Å². The van der Waals surface area contributed by atoms with E-state index in [1.807, 2.05) is 36.4 Å². The SMILES string of the molecule is COc1cccc([C@H]2[C@@H]3C(=O)N(c4ccc([N+](=O)[O-])cc4)C(=O)[C@@H]3ON2Cc2ccccc2)c1OC. The molecule has 3 aromatic rings. The number of nitro groups is 1. The van der Waals surface area contributed by atoms with Gasteiger partial charge in [-0.05, 0) is 23.8 Å². The number of carbonyl (C=O) groups is 2. The minimum Gasteiger partial charge on any atom is -0.493 e. The first-order chi connectivity index (χ1) is 17.4. The predicted octanol–water partition coefficient (Wildman–Crippen LogP) is 3.66. The van der Waals surface area contributed by atoms with E-state index in [0.717, 1.165) is 10.5 Å². The number of anilines is 1. The van der Waals surface area contributed by atoms with E-state index in [1.165, 1.54) is 38.5 Å². The number of hydrogen-bond acceptors (Lipinski definition) is 8. The van der Waals surface area contributed by atoms with Crippen LogP contribution in [-0.2, 0) is 21.0 Å². The van der Waals surface area contributed by atoms with Crippen LogP contribution in [0.2, 0.25) is 0 Å². The largest absolute Gasteiger partial charge is 0.493 e. The van der Waals surface area contributed by atoms with Gasteiger partial charge in [0.15, 0.2) is 17.6 Å². The Balaban J connectivity index is 1.56. The molecule has 0 bridgehead atoms. The molecule has 0 saturated carbocycles. The van der Waals surface area contributed by atoms with Crippen molar-refractivity contribution in [2.75, 3.05) is 19.1 Å². The van der Waals surface area contributed by atoms with Crippen molar-refractivity contribution in [2.24, 2.45) is 5.92 Å². The Morgan fingerprint density at radius 2 is 1.64 bits per heavy atom. The van der Waals surface area contributed by atoms with Crippen LogP contribution in [0.5, 0.6) is 11.5 Å². The molecular weight excluding hydrogens is 466 g/mol. The number of amides is 2. The predicted molar refractivity (Wildman–Crippen MR) is 128 cm³/mol. The molecule has 0 unspecified atom stereocenters. The standard InChI is InChI=1S/C26H23N3O7/c1-34-20-10-6-9-19(23(20)35-2)22-21-24(36-27(22)15-16-7-4-3-5-8-16)26(31)28(25(21)30)17-11-13-18(14-12-17)29(32)33/h3-14,21-22,24H,15H2,1-2H3/t21-,22-,24+/m0/s1. The van der Waals surface area contributed by atoms with Gasteiger partial charge in [0.2, 0.25) is 5.91 Å². The molecule has 3 atom stereocenters. The fourth-order valence-electron chi connectivity index (χ4n) is 4.84. The van der Waals surface area contributed by atoms with E-state index in [4.69, 9.17) is 14.3 Å². The average Bonchev–Trinajstić information content (AvgIpc) is 3.38. The van der Waals surface area contributed by atoms with Crippen LogP contribution in [0.15, 0.2) is 72.8 Å². The van der Waals surface area contributed by atoms with Gasteiger partial charge in [-0.15, -0.1) is 0 Å². The zero-order valence-corrected chi connectivity index (χ0v) is 19.6. The minimum atomic E-state index is -1.06. The second-order valence-electron chi connectivity index (χ2n) is 8.43. The van der Waals surface area contributed by atoms with Gasteiger partial charge in [0, 0.05) is 24.2 Å². The lowest BCUT2D eigenvalue weighted by atomic mass is 9.89. The third-order valence-electron chi connectivity index (χ3n) is 6.45. The summed E-state index contributed by atoms with van der Waals surface area (Å²) in [5.41, 5.74) is 1.70. The Hall–Kier alpha value is -4.28. The number of para-hydroxylation sites is 1. The summed E-state index contributed by atoms with van der Waals surface area (Å²) in [6, 6.07) is 19.6. The topological polar surface area (TPSA) is 111 Å². The van der Waals surface area contributed by atoms with E-state index >= 15 is 0 Å². The highest BCUT2D eigenvalue weighted by Gasteiger charge is 2.60. The number of nitrogens with zero attached hydrogens (tertiary/aromatic N) is 3. The Morgan fingerprint density at radius 3 is 2.28 bits per heavy atom. The van der Waals surface area contributed by atoms with Gasteiger partial charge in [-0.1, -0.05) is 42.5 Å². The summed E-state index contributed by atoms with van der Waals surface area (Å²) >= 11 is 0. The maximum absolute atomic E-state index is 13.7. The van der Waals surface area contributed by atoms with E-state index in [-0.39, 0.29) is 11.4 Å². The summed E-state index contributed by atoms with van der Waals surface area (Å²) in [6.45, 7) is 0.330. The Bertz CT molecular complexity index is 1310. The van der Waals surface area contributed by atoms with Crippen LogP contribution in [0, 0.1) is 16.0 Å². The van der Waals surface area contributed by atoms with Gasteiger partial charge in [-0.25, -0.2) is 4.90 Å². The molecule has 10 heteroatoms. The molecule has 0 radical (unpaired) electrons. The molecule has 184 valence electrons. The number of fused-ring (bicyclic) bond motifs is 1. The van der Waals surface area contributed by atoms with Crippen molar-refractivity contribution in [3.8, 4) is 11.5 Å². The fraction of sp³-hybridized carbons (Fsp3) is 0.231. The number of non-ortho nitro benzene ring substituents is 1. The molecule has 0 spiro atoms. The molecule has 3 aromatic carbocycles. The third-order valence-corrected chi connectivity index (χ3v) is 6.45. The molecule has 36 heavy (non-hydrogen) atoms. The molecule has 10 nitrogen and oxygen atoms in total. The van der Waals surface area contributed by atoms with Gasteiger partial charge in [0.25, 0.3) is 11.6 Å². The van der Waals surface area contributed by atoms with Gasteiger partial charge in [-0.3, -0.25) is 24.5 Å². The monoisotopic (exact) mass is 489 g/mol. The van der Waals surface area contributed by atoms with Gasteiger partial charge >= 0.3 is 0 Å². The van der Waals surface area contributed by atoms with Crippen LogP contribution < -0.4 is 14.4 Å². The lowest BCUT2D eigenvalue weighted by Gasteiger charge is -2.28. The highest BCUT2D eigenvalue weighted by atomic mass is 16.7. The van der Waals surface area contributed by atoms with Crippen molar-refractivity contribution in [3.63, 3.8) is 0 Å². The smallest absolute Gasteiger partial charge is 0.269 e. The number of benzene rings is 3. The maximum atomic E-state index is 13.7. The van der Waals surface area contributed by atoms with E-state index in [0.29, 0.717) is 23.6 Å². The van der Waals surface area contributed by atoms with Crippen molar-refractivity contribution in [3.05, 3.63) is 94.0 Å². The summed E-state index contributed by atoms with van der Waals surface area (Å²) in [6.07, 6.45) is -1.06. The number of carbonyl (C=O) groups excluding carboxylic acids is 2. The molecule has 0 aromatic heterocycles. The highest BCUT2D eigenvalue weighted by Crippen LogP contribution is 2.50. The Labute approximate surface area is 206 Å². The van der Waals surface area contributed by atoms with E-state index in [2.05, 4.69) is 0 Å². The number of methoxy groups -OCH3 is 2. The van der Waals surface area contributed by atoms with Crippen molar-refractivity contribution in [2.45, 2.75) is 18.7 Å². The molecule has 2 amide bonds. The lowest BCUT2D eigenvalue weighted by molar-refractivity contribution is -0.384. The van der Waals surface area contributed by atoms with Crippen LogP contribution in [0.25, 0.3) is 0 Å². The summed E-state index contributed by atoms with van der Waals surface area (Å²) in [7, 11) is 3.04. The molecule has 0 N–H and O–H groups in total. The maximum Gasteiger partial charge on any atom is 0.269 e. The molecule has 2 fully saturated rings. The first-order valence-electron chi connectivity index (χ1n) is 11.2. The molecule has 2 aliphatic rings. The Kier molecular flexibility index (Phi) is 6.13. The van der Waals surface area contributed by atoms with E-state index < -0.39 is 34.8 Å². The van der Waals surface area contributed by atoms with Gasteiger partial charge < -0.3 is 9.47 Å². The molecule has 5 rings (SSSR count). The molecule has 2 saturated heterocycles. The highest BCUT2D eigenvalue weighted by molar-refractivity contribution is 6.23. The number of imide groups is 1. The normalized spacial score (nSPS) is 21.5. The Morgan fingerprint density at radius 1 is 0.917 bits per heavy atom. The van der Waals surface area contributed by atoms with Crippen molar-refractivity contribution < 1.29 is 28.8 Å². The molecular formula is C26H23N3O7. The quantitative estimate of drug-likeness (QED) is 0.281. The number of hydroxylamine groups is 2. The minimum absolute atomic E-state index is 0.137. The van der Waals surface area contributed by atoms with Crippen LogP contribution in [0.3, 0.4) is 0 Å². The molecule has 0 aliphatic carbocycles. The van der Waals surface area contributed by atoms with Gasteiger partial charge in [0.05, 0.1) is 36.8 Å². The second-order valence-corrected chi connectivity index (χ2v) is 8.43.